The first kappa shape index (κ1) is 15.2. The third kappa shape index (κ3) is 4.82. The minimum absolute atomic E-state index is 0.0611. The highest BCUT2D eigenvalue weighted by Crippen LogP contribution is 2.23. The molecule has 5 nitrogen and oxygen atoms in total. The summed E-state index contributed by atoms with van der Waals surface area (Å²) in [5.41, 5.74) is -0.264. The zero-order valence-electron chi connectivity index (χ0n) is 12.3. The number of hydrogen-bond donors (Lipinski definition) is 2. The van der Waals surface area contributed by atoms with E-state index in [1.807, 2.05) is 13.8 Å². The fraction of sp³-hybridized carbons (Fsp3) is 0.923. The van der Waals surface area contributed by atoms with Crippen LogP contribution in [-0.2, 0) is 9.47 Å². The van der Waals surface area contributed by atoms with Gasteiger partial charge in [0.1, 0.15) is 0 Å². The van der Waals surface area contributed by atoms with Crippen LogP contribution in [0.25, 0.3) is 0 Å². The SMILES string of the molecule is CN=C(NCC(C)(C)OC)NCC1(C)CCCO1. The molecule has 1 saturated heterocycles. The van der Waals surface area contributed by atoms with Gasteiger partial charge in [-0.3, -0.25) is 4.99 Å². The molecule has 1 atom stereocenters. The van der Waals surface area contributed by atoms with Crippen LogP contribution in [0.5, 0.6) is 0 Å². The second-order valence-corrected chi connectivity index (χ2v) is 5.65. The van der Waals surface area contributed by atoms with Gasteiger partial charge in [-0.2, -0.15) is 0 Å². The van der Waals surface area contributed by atoms with Gasteiger partial charge in [0.2, 0.25) is 0 Å². The summed E-state index contributed by atoms with van der Waals surface area (Å²) in [6.45, 7) is 8.56. The summed E-state index contributed by atoms with van der Waals surface area (Å²) in [5.74, 6) is 0.789. The predicted molar refractivity (Wildman–Crippen MR) is 74.0 cm³/mol. The lowest BCUT2D eigenvalue weighted by Crippen LogP contribution is -2.49. The van der Waals surface area contributed by atoms with Gasteiger partial charge < -0.3 is 20.1 Å². The summed E-state index contributed by atoms with van der Waals surface area (Å²) in [6, 6.07) is 0. The number of aliphatic imine (C=N–C) groups is 1. The van der Waals surface area contributed by atoms with Gasteiger partial charge in [-0.25, -0.2) is 0 Å². The summed E-state index contributed by atoms with van der Waals surface area (Å²) in [5, 5.41) is 6.57. The molecule has 0 radical (unpaired) electrons. The Hall–Kier alpha value is -0.810. The summed E-state index contributed by atoms with van der Waals surface area (Å²) < 4.78 is 11.1. The van der Waals surface area contributed by atoms with Gasteiger partial charge in [0.05, 0.1) is 11.2 Å². The van der Waals surface area contributed by atoms with Crippen LogP contribution in [0.1, 0.15) is 33.6 Å². The molecule has 2 N–H and O–H groups in total. The first-order valence-electron chi connectivity index (χ1n) is 6.54. The molecule has 1 fully saturated rings. The Bertz CT molecular complexity index is 284. The normalized spacial score (nSPS) is 25.3. The fourth-order valence-electron chi connectivity index (χ4n) is 1.84. The zero-order valence-corrected chi connectivity index (χ0v) is 12.3. The van der Waals surface area contributed by atoms with Gasteiger partial charge in [0.25, 0.3) is 0 Å². The highest BCUT2D eigenvalue weighted by atomic mass is 16.5. The van der Waals surface area contributed by atoms with E-state index in [1.165, 1.54) is 0 Å². The maximum absolute atomic E-state index is 5.73. The molecule has 0 aromatic carbocycles. The Morgan fingerprint density at radius 1 is 1.44 bits per heavy atom. The first-order valence-corrected chi connectivity index (χ1v) is 6.54. The number of methoxy groups -OCH3 is 1. The third-order valence-electron chi connectivity index (χ3n) is 3.39. The lowest BCUT2D eigenvalue weighted by Gasteiger charge is -2.27. The lowest BCUT2D eigenvalue weighted by molar-refractivity contribution is 0.0226. The maximum Gasteiger partial charge on any atom is 0.191 e. The van der Waals surface area contributed by atoms with Gasteiger partial charge in [-0.1, -0.05) is 0 Å². The van der Waals surface area contributed by atoms with Crippen LogP contribution < -0.4 is 10.6 Å². The van der Waals surface area contributed by atoms with E-state index in [0.29, 0.717) is 6.54 Å². The van der Waals surface area contributed by atoms with Gasteiger partial charge in [0.15, 0.2) is 5.96 Å². The summed E-state index contributed by atoms with van der Waals surface area (Å²) in [6.07, 6.45) is 2.24. The number of nitrogens with one attached hydrogen (secondary N) is 2. The van der Waals surface area contributed by atoms with E-state index < -0.39 is 0 Å². The zero-order chi connectivity index (χ0) is 13.6. The predicted octanol–water partition coefficient (Wildman–Crippen LogP) is 1.15. The van der Waals surface area contributed by atoms with E-state index in [9.17, 15) is 0 Å². The molecule has 5 heteroatoms. The minimum Gasteiger partial charge on any atom is -0.377 e. The van der Waals surface area contributed by atoms with E-state index in [0.717, 1.165) is 32.0 Å². The molecule has 1 unspecified atom stereocenters. The van der Waals surface area contributed by atoms with E-state index in [4.69, 9.17) is 9.47 Å². The van der Waals surface area contributed by atoms with Gasteiger partial charge in [-0.15, -0.1) is 0 Å². The van der Waals surface area contributed by atoms with Crippen LogP contribution in [0.15, 0.2) is 4.99 Å². The monoisotopic (exact) mass is 257 g/mol. The average Bonchev–Trinajstić information content (AvgIpc) is 2.77. The Morgan fingerprint density at radius 2 is 2.17 bits per heavy atom. The molecule has 0 bridgehead atoms. The molecule has 0 aromatic rings. The number of guanidine groups is 1. The molecule has 0 aromatic heterocycles. The van der Waals surface area contributed by atoms with Crippen molar-refractivity contribution in [3.63, 3.8) is 0 Å². The Labute approximate surface area is 110 Å². The fourth-order valence-corrected chi connectivity index (χ4v) is 1.84. The molecule has 0 aliphatic carbocycles. The topological polar surface area (TPSA) is 54.9 Å². The van der Waals surface area contributed by atoms with Crippen molar-refractivity contribution in [1.29, 1.82) is 0 Å². The lowest BCUT2D eigenvalue weighted by atomic mass is 10.0. The average molecular weight is 257 g/mol. The van der Waals surface area contributed by atoms with Crippen molar-refractivity contribution in [2.75, 3.05) is 33.9 Å². The second-order valence-electron chi connectivity index (χ2n) is 5.65. The van der Waals surface area contributed by atoms with Crippen molar-refractivity contribution in [3.8, 4) is 0 Å². The standard InChI is InChI=1S/C13H27N3O2/c1-12(2,17-5)9-15-11(14-4)16-10-13(3)7-6-8-18-13/h6-10H2,1-5H3,(H2,14,15,16). The molecule has 1 rings (SSSR count). The molecule has 0 spiro atoms. The Balaban J connectivity index is 2.34. The van der Waals surface area contributed by atoms with Crippen LogP contribution in [0, 0.1) is 0 Å². The van der Waals surface area contributed by atoms with Crippen molar-refractivity contribution in [2.45, 2.75) is 44.8 Å². The third-order valence-corrected chi connectivity index (χ3v) is 3.39. The molecule has 1 aliphatic rings. The molecule has 1 heterocycles. The maximum atomic E-state index is 5.73. The van der Waals surface area contributed by atoms with Gasteiger partial charge in [0, 0.05) is 33.9 Å². The Morgan fingerprint density at radius 3 is 2.67 bits per heavy atom. The summed E-state index contributed by atoms with van der Waals surface area (Å²) >= 11 is 0. The molecule has 18 heavy (non-hydrogen) atoms. The molecule has 0 amide bonds. The number of hydrogen-bond acceptors (Lipinski definition) is 3. The minimum atomic E-state index is -0.203. The molecular formula is C13H27N3O2. The number of ether oxygens (including phenoxy) is 2. The smallest absolute Gasteiger partial charge is 0.191 e. The first-order chi connectivity index (χ1) is 8.41. The largest absolute Gasteiger partial charge is 0.377 e. The van der Waals surface area contributed by atoms with E-state index in [1.54, 1.807) is 14.2 Å². The van der Waals surface area contributed by atoms with Crippen LogP contribution in [0.3, 0.4) is 0 Å². The summed E-state index contributed by atoms with van der Waals surface area (Å²) in [4.78, 5) is 4.20. The van der Waals surface area contributed by atoms with E-state index >= 15 is 0 Å². The molecular weight excluding hydrogens is 230 g/mol. The highest BCUT2D eigenvalue weighted by molar-refractivity contribution is 5.79. The highest BCUT2D eigenvalue weighted by Gasteiger charge is 2.29. The van der Waals surface area contributed by atoms with Crippen molar-refractivity contribution in [3.05, 3.63) is 0 Å². The number of rotatable bonds is 5. The van der Waals surface area contributed by atoms with Crippen molar-refractivity contribution in [1.82, 2.24) is 10.6 Å². The van der Waals surface area contributed by atoms with Gasteiger partial charge >= 0.3 is 0 Å². The number of nitrogens with zero attached hydrogens (tertiary/aromatic N) is 1. The second kappa shape index (κ2) is 6.38. The quantitative estimate of drug-likeness (QED) is 0.573. The van der Waals surface area contributed by atoms with E-state index in [-0.39, 0.29) is 11.2 Å². The van der Waals surface area contributed by atoms with Crippen LogP contribution in [0.4, 0.5) is 0 Å². The van der Waals surface area contributed by atoms with E-state index in [2.05, 4.69) is 22.5 Å². The molecule has 0 saturated carbocycles. The van der Waals surface area contributed by atoms with Crippen molar-refractivity contribution < 1.29 is 9.47 Å². The van der Waals surface area contributed by atoms with Crippen molar-refractivity contribution >= 4 is 5.96 Å². The van der Waals surface area contributed by atoms with Crippen LogP contribution in [0.2, 0.25) is 0 Å². The summed E-state index contributed by atoms with van der Waals surface area (Å²) in [7, 11) is 3.48. The van der Waals surface area contributed by atoms with Crippen LogP contribution in [-0.4, -0.2) is 51.0 Å². The van der Waals surface area contributed by atoms with Gasteiger partial charge in [-0.05, 0) is 33.6 Å². The molecule has 1 aliphatic heterocycles. The van der Waals surface area contributed by atoms with Crippen LogP contribution >= 0.6 is 0 Å². The molecule has 106 valence electrons. The Kier molecular flexibility index (Phi) is 5.41. The van der Waals surface area contributed by atoms with Crippen molar-refractivity contribution in [2.24, 2.45) is 4.99 Å².